The van der Waals surface area contributed by atoms with Gasteiger partial charge in [0.15, 0.2) is 0 Å². The van der Waals surface area contributed by atoms with Crippen molar-refractivity contribution in [2.45, 2.75) is 13.5 Å². The lowest BCUT2D eigenvalue weighted by atomic mass is 10.3. The van der Waals surface area contributed by atoms with Crippen LogP contribution in [0.5, 0.6) is 0 Å². The highest BCUT2D eigenvalue weighted by molar-refractivity contribution is 5.52. The number of hydrogen-bond acceptors (Lipinski definition) is 2. The van der Waals surface area contributed by atoms with Crippen molar-refractivity contribution in [3.8, 4) is 11.4 Å². The average molecular weight is 162 g/mol. The van der Waals surface area contributed by atoms with Gasteiger partial charge in [-0.3, -0.25) is 5.10 Å². The maximum Gasteiger partial charge on any atom is 0.143 e. The Hall–Kier alpha value is -1.58. The van der Waals surface area contributed by atoms with Crippen LogP contribution in [0.4, 0.5) is 0 Å². The highest BCUT2D eigenvalue weighted by atomic mass is 15.1. The molecule has 0 atom stereocenters. The lowest BCUT2D eigenvalue weighted by molar-refractivity contribution is 0.771. The third kappa shape index (κ3) is 1.01. The van der Waals surface area contributed by atoms with Crippen molar-refractivity contribution in [3.05, 3.63) is 24.8 Å². The first-order valence-corrected chi connectivity index (χ1v) is 3.92. The Kier molecular flexibility index (Phi) is 1.66. The molecule has 0 bridgehead atoms. The molecule has 0 saturated carbocycles. The highest BCUT2D eigenvalue weighted by Gasteiger charge is 2.03. The molecule has 62 valence electrons. The maximum absolute atomic E-state index is 4.23. The normalized spacial score (nSPS) is 10.4. The largest absolute Gasteiger partial charge is 0.331 e. The van der Waals surface area contributed by atoms with E-state index in [1.54, 1.807) is 12.4 Å². The van der Waals surface area contributed by atoms with E-state index in [1.165, 1.54) is 0 Å². The minimum atomic E-state index is 0.931. The van der Waals surface area contributed by atoms with Gasteiger partial charge in [-0.25, -0.2) is 4.98 Å². The first-order chi connectivity index (χ1) is 5.92. The fraction of sp³-hybridized carbons (Fsp3) is 0.250. The quantitative estimate of drug-likeness (QED) is 0.723. The number of rotatable bonds is 2. The number of aryl methyl sites for hydroxylation is 1. The molecule has 0 amide bonds. The smallest absolute Gasteiger partial charge is 0.143 e. The molecule has 0 aliphatic rings. The van der Waals surface area contributed by atoms with Crippen LogP contribution in [0.2, 0.25) is 0 Å². The molecule has 1 N–H and O–H groups in total. The summed E-state index contributed by atoms with van der Waals surface area (Å²) in [5, 5.41) is 6.64. The third-order valence-electron chi connectivity index (χ3n) is 1.81. The second-order valence-corrected chi connectivity index (χ2v) is 2.52. The summed E-state index contributed by atoms with van der Waals surface area (Å²) >= 11 is 0. The molecule has 0 fully saturated rings. The molecule has 0 radical (unpaired) electrons. The Morgan fingerprint density at radius 3 is 3.17 bits per heavy atom. The van der Waals surface area contributed by atoms with Gasteiger partial charge < -0.3 is 4.57 Å². The molecule has 12 heavy (non-hydrogen) atoms. The molecule has 0 saturated heterocycles. The van der Waals surface area contributed by atoms with Crippen LogP contribution in [-0.4, -0.2) is 19.7 Å². The maximum atomic E-state index is 4.23. The second kappa shape index (κ2) is 2.81. The molecule has 0 spiro atoms. The molecule has 0 aromatic carbocycles. The van der Waals surface area contributed by atoms with Crippen molar-refractivity contribution in [3.63, 3.8) is 0 Å². The van der Waals surface area contributed by atoms with Gasteiger partial charge in [-0.15, -0.1) is 0 Å². The van der Waals surface area contributed by atoms with Gasteiger partial charge in [0.25, 0.3) is 0 Å². The summed E-state index contributed by atoms with van der Waals surface area (Å²) in [6, 6.07) is 0. The summed E-state index contributed by atoms with van der Waals surface area (Å²) in [5.74, 6) is 0.964. The lowest BCUT2D eigenvalue weighted by Crippen LogP contribution is -1.94. The lowest BCUT2D eigenvalue weighted by Gasteiger charge is -2.00. The van der Waals surface area contributed by atoms with E-state index in [0.717, 1.165) is 17.9 Å². The van der Waals surface area contributed by atoms with Gasteiger partial charge in [0.1, 0.15) is 5.82 Å². The molecule has 0 unspecified atom stereocenters. The van der Waals surface area contributed by atoms with E-state index in [4.69, 9.17) is 0 Å². The molecule has 4 heteroatoms. The van der Waals surface area contributed by atoms with Crippen LogP contribution in [0.3, 0.4) is 0 Å². The molecular formula is C8H10N4. The van der Waals surface area contributed by atoms with E-state index >= 15 is 0 Å². The number of aromatic nitrogens is 4. The SMILES string of the molecule is CCn1ccnc1-c1cn[nH]c1. The molecule has 2 aromatic heterocycles. The fourth-order valence-electron chi connectivity index (χ4n) is 1.20. The zero-order chi connectivity index (χ0) is 8.39. The van der Waals surface area contributed by atoms with E-state index in [-0.39, 0.29) is 0 Å². The number of nitrogens with zero attached hydrogens (tertiary/aromatic N) is 3. The van der Waals surface area contributed by atoms with Crippen LogP contribution in [0.15, 0.2) is 24.8 Å². The van der Waals surface area contributed by atoms with Gasteiger partial charge in [0.2, 0.25) is 0 Å². The fourth-order valence-corrected chi connectivity index (χ4v) is 1.20. The Balaban J connectivity index is 2.46. The monoisotopic (exact) mass is 162 g/mol. The van der Waals surface area contributed by atoms with Gasteiger partial charge in [0.05, 0.1) is 11.8 Å². The summed E-state index contributed by atoms with van der Waals surface area (Å²) in [6.07, 6.45) is 7.37. The Morgan fingerprint density at radius 1 is 1.58 bits per heavy atom. The van der Waals surface area contributed by atoms with Gasteiger partial charge >= 0.3 is 0 Å². The zero-order valence-electron chi connectivity index (χ0n) is 6.86. The number of aromatic amines is 1. The average Bonchev–Trinajstić information content (AvgIpc) is 2.74. The topological polar surface area (TPSA) is 46.5 Å². The number of imidazole rings is 1. The van der Waals surface area contributed by atoms with Gasteiger partial charge in [-0.2, -0.15) is 5.10 Å². The summed E-state index contributed by atoms with van der Waals surface area (Å²) in [7, 11) is 0. The third-order valence-corrected chi connectivity index (χ3v) is 1.81. The van der Waals surface area contributed by atoms with Gasteiger partial charge in [-0.1, -0.05) is 0 Å². The summed E-state index contributed by atoms with van der Waals surface area (Å²) in [5.41, 5.74) is 1.03. The van der Waals surface area contributed by atoms with Crippen LogP contribution in [0, 0.1) is 0 Å². The van der Waals surface area contributed by atoms with Crippen molar-refractivity contribution in [1.82, 2.24) is 19.7 Å². The second-order valence-electron chi connectivity index (χ2n) is 2.52. The molecule has 2 heterocycles. The van der Waals surface area contributed by atoms with E-state index < -0.39 is 0 Å². The van der Waals surface area contributed by atoms with Crippen LogP contribution >= 0.6 is 0 Å². The molecule has 2 aromatic rings. The van der Waals surface area contributed by atoms with Crippen molar-refractivity contribution < 1.29 is 0 Å². The Bertz CT molecular complexity index is 347. The first-order valence-electron chi connectivity index (χ1n) is 3.92. The van der Waals surface area contributed by atoms with Crippen molar-refractivity contribution in [2.75, 3.05) is 0 Å². The molecule has 0 aliphatic carbocycles. The highest BCUT2D eigenvalue weighted by Crippen LogP contribution is 2.14. The standard InChI is InChI=1S/C8H10N4/c1-2-12-4-3-9-8(12)7-5-10-11-6-7/h3-6H,2H2,1H3,(H,10,11). The van der Waals surface area contributed by atoms with E-state index in [0.29, 0.717) is 0 Å². The van der Waals surface area contributed by atoms with E-state index in [9.17, 15) is 0 Å². The van der Waals surface area contributed by atoms with Gasteiger partial charge in [0, 0.05) is 25.1 Å². The molecule has 4 nitrogen and oxygen atoms in total. The summed E-state index contributed by atoms with van der Waals surface area (Å²) in [4.78, 5) is 4.23. The minimum absolute atomic E-state index is 0.931. The van der Waals surface area contributed by atoms with Crippen molar-refractivity contribution >= 4 is 0 Å². The van der Waals surface area contributed by atoms with Crippen LogP contribution in [-0.2, 0) is 6.54 Å². The molecule has 2 rings (SSSR count). The number of nitrogens with one attached hydrogen (secondary N) is 1. The van der Waals surface area contributed by atoms with Gasteiger partial charge in [-0.05, 0) is 6.92 Å². The van der Waals surface area contributed by atoms with Crippen molar-refractivity contribution in [2.24, 2.45) is 0 Å². The zero-order valence-corrected chi connectivity index (χ0v) is 6.86. The summed E-state index contributed by atoms with van der Waals surface area (Å²) < 4.78 is 2.07. The first kappa shape index (κ1) is 7.09. The summed E-state index contributed by atoms with van der Waals surface area (Å²) in [6.45, 7) is 3.02. The number of H-pyrrole nitrogens is 1. The van der Waals surface area contributed by atoms with Crippen LogP contribution in [0.25, 0.3) is 11.4 Å². The van der Waals surface area contributed by atoms with Crippen LogP contribution < -0.4 is 0 Å². The van der Waals surface area contributed by atoms with Crippen molar-refractivity contribution in [1.29, 1.82) is 0 Å². The Labute approximate surface area is 70.3 Å². The van der Waals surface area contributed by atoms with Crippen LogP contribution in [0.1, 0.15) is 6.92 Å². The predicted molar refractivity (Wildman–Crippen MR) is 45.5 cm³/mol. The number of hydrogen-bond donors (Lipinski definition) is 1. The van der Waals surface area contributed by atoms with E-state index in [2.05, 4.69) is 26.7 Å². The molecular weight excluding hydrogens is 152 g/mol. The Morgan fingerprint density at radius 2 is 2.50 bits per heavy atom. The minimum Gasteiger partial charge on any atom is -0.331 e. The predicted octanol–water partition coefficient (Wildman–Crippen LogP) is 1.29. The molecule has 0 aliphatic heterocycles. The van der Waals surface area contributed by atoms with E-state index in [1.807, 2.05) is 12.4 Å².